The van der Waals surface area contributed by atoms with Crippen molar-refractivity contribution in [1.82, 2.24) is 9.80 Å². The van der Waals surface area contributed by atoms with Crippen LogP contribution in [-0.2, 0) is 14.3 Å². The zero-order valence-corrected chi connectivity index (χ0v) is 16.1. The van der Waals surface area contributed by atoms with Gasteiger partial charge in [0.1, 0.15) is 0 Å². The number of rotatable bonds is 3. The van der Waals surface area contributed by atoms with Crippen LogP contribution in [0.1, 0.15) is 70.6 Å². The fourth-order valence-electron chi connectivity index (χ4n) is 5.56. The molecule has 5 nitrogen and oxygen atoms in total. The first-order valence-corrected chi connectivity index (χ1v) is 10.9. The van der Waals surface area contributed by atoms with Gasteiger partial charge in [0.2, 0.25) is 11.8 Å². The molecule has 1 saturated carbocycles. The lowest BCUT2D eigenvalue weighted by molar-refractivity contribution is -0.152. The molecule has 0 aromatic rings. The molecule has 0 N–H and O–H groups in total. The van der Waals surface area contributed by atoms with Crippen molar-refractivity contribution in [3.63, 3.8) is 0 Å². The molecular formula is C21H34N2O3. The van der Waals surface area contributed by atoms with E-state index >= 15 is 0 Å². The van der Waals surface area contributed by atoms with Crippen molar-refractivity contribution in [2.24, 2.45) is 11.8 Å². The summed E-state index contributed by atoms with van der Waals surface area (Å²) in [5.41, 5.74) is -0.0827. The Bertz CT molecular complexity index is 515. The molecule has 0 aromatic heterocycles. The molecule has 3 heterocycles. The number of carbonyl (C=O) groups excluding carboxylic acids is 2. The first-order valence-electron chi connectivity index (χ1n) is 10.9. The topological polar surface area (TPSA) is 49.9 Å². The van der Waals surface area contributed by atoms with E-state index in [1.54, 1.807) is 0 Å². The highest BCUT2D eigenvalue weighted by Crippen LogP contribution is 2.40. The van der Waals surface area contributed by atoms with Gasteiger partial charge in [-0.25, -0.2) is 0 Å². The molecule has 4 rings (SSSR count). The summed E-state index contributed by atoms with van der Waals surface area (Å²) < 4.78 is 6.23. The van der Waals surface area contributed by atoms with E-state index in [0.29, 0.717) is 24.2 Å². The summed E-state index contributed by atoms with van der Waals surface area (Å²) in [4.78, 5) is 29.3. The maximum Gasteiger partial charge on any atom is 0.225 e. The van der Waals surface area contributed by atoms with Gasteiger partial charge < -0.3 is 14.5 Å². The van der Waals surface area contributed by atoms with E-state index < -0.39 is 0 Å². The Balaban J connectivity index is 1.28. The van der Waals surface area contributed by atoms with Gasteiger partial charge in [-0.1, -0.05) is 12.8 Å². The van der Waals surface area contributed by atoms with Crippen LogP contribution in [0.3, 0.4) is 0 Å². The number of carbonyl (C=O) groups is 2. The zero-order chi connectivity index (χ0) is 18.0. The van der Waals surface area contributed by atoms with E-state index in [-0.39, 0.29) is 11.5 Å². The minimum Gasteiger partial charge on any atom is -0.375 e. The number of nitrogens with zero attached hydrogens (tertiary/aromatic N) is 2. The largest absolute Gasteiger partial charge is 0.375 e. The van der Waals surface area contributed by atoms with Gasteiger partial charge in [-0.15, -0.1) is 0 Å². The van der Waals surface area contributed by atoms with Crippen molar-refractivity contribution in [3.8, 4) is 0 Å². The van der Waals surface area contributed by atoms with Crippen molar-refractivity contribution in [1.29, 1.82) is 0 Å². The number of amides is 2. The Morgan fingerprint density at radius 2 is 1.58 bits per heavy atom. The van der Waals surface area contributed by atoms with Crippen molar-refractivity contribution >= 4 is 11.8 Å². The predicted octanol–water partition coefficient (Wildman–Crippen LogP) is 2.98. The standard InChI is InChI=1S/C21H34N2O3/c24-19(22-10-3-4-11-22)15-17-7-14-26-21(16-17)8-12-23(13-9-21)20(25)18-5-1-2-6-18/h17-18H,1-16H2. The highest BCUT2D eigenvalue weighted by Gasteiger charge is 2.42. The molecule has 3 saturated heterocycles. The van der Waals surface area contributed by atoms with Gasteiger partial charge in [-0.3, -0.25) is 9.59 Å². The lowest BCUT2D eigenvalue weighted by atomic mass is 9.78. The minimum atomic E-state index is -0.0827. The van der Waals surface area contributed by atoms with Crippen LogP contribution in [0.15, 0.2) is 0 Å². The Morgan fingerprint density at radius 3 is 2.27 bits per heavy atom. The smallest absolute Gasteiger partial charge is 0.225 e. The molecule has 4 aliphatic rings. The fraction of sp³-hybridized carbons (Fsp3) is 0.905. The SMILES string of the molecule is O=C(CC1CCOC2(CCN(C(=O)C3CCCC3)CC2)C1)N1CCCC1. The van der Waals surface area contributed by atoms with Crippen LogP contribution in [0, 0.1) is 11.8 Å². The second-order valence-corrected chi connectivity index (χ2v) is 8.99. The summed E-state index contributed by atoms with van der Waals surface area (Å²) in [7, 11) is 0. The molecule has 0 bridgehead atoms. The van der Waals surface area contributed by atoms with Gasteiger partial charge in [-0.2, -0.15) is 0 Å². The van der Waals surface area contributed by atoms with Crippen LogP contribution < -0.4 is 0 Å². The molecule has 1 spiro atoms. The van der Waals surface area contributed by atoms with Gasteiger partial charge in [0.25, 0.3) is 0 Å². The number of likely N-dealkylation sites (tertiary alicyclic amines) is 2. The zero-order valence-electron chi connectivity index (χ0n) is 16.1. The average molecular weight is 363 g/mol. The van der Waals surface area contributed by atoms with Crippen LogP contribution in [0.5, 0.6) is 0 Å². The molecule has 1 atom stereocenters. The van der Waals surface area contributed by atoms with Crippen LogP contribution in [0.2, 0.25) is 0 Å². The molecular weight excluding hydrogens is 328 g/mol. The molecule has 3 aliphatic heterocycles. The first-order chi connectivity index (χ1) is 12.7. The summed E-state index contributed by atoms with van der Waals surface area (Å²) in [5, 5.41) is 0. The second kappa shape index (κ2) is 7.87. The predicted molar refractivity (Wildman–Crippen MR) is 99.6 cm³/mol. The van der Waals surface area contributed by atoms with Gasteiger partial charge in [0.15, 0.2) is 0 Å². The van der Waals surface area contributed by atoms with Crippen LogP contribution in [0.4, 0.5) is 0 Å². The normalized spacial score (nSPS) is 29.5. The summed E-state index contributed by atoms with van der Waals surface area (Å²) in [6.07, 6.45) is 11.5. The number of ether oxygens (including phenoxy) is 1. The summed E-state index contributed by atoms with van der Waals surface area (Å²) in [6.45, 7) is 4.34. The van der Waals surface area contributed by atoms with Crippen molar-refractivity contribution in [2.45, 2.75) is 76.2 Å². The van der Waals surface area contributed by atoms with Crippen LogP contribution in [-0.4, -0.2) is 60.0 Å². The van der Waals surface area contributed by atoms with Crippen molar-refractivity contribution in [2.75, 3.05) is 32.8 Å². The lowest BCUT2D eigenvalue weighted by Crippen LogP contribution is -2.52. The third-order valence-electron chi connectivity index (χ3n) is 7.21. The van der Waals surface area contributed by atoms with Gasteiger partial charge in [0, 0.05) is 45.1 Å². The third-order valence-corrected chi connectivity index (χ3v) is 7.21. The summed E-state index contributed by atoms with van der Waals surface area (Å²) in [5.74, 6) is 1.46. The molecule has 1 unspecified atom stereocenters. The Morgan fingerprint density at radius 1 is 0.885 bits per heavy atom. The van der Waals surface area contributed by atoms with Gasteiger partial charge in [0.05, 0.1) is 5.60 Å². The number of piperidine rings is 1. The molecule has 26 heavy (non-hydrogen) atoms. The molecule has 0 radical (unpaired) electrons. The monoisotopic (exact) mass is 362 g/mol. The van der Waals surface area contributed by atoms with E-state index in [1.807, 2.05) is 4.90 Å². The maximum absolute atomic E-state index is 12.7. The summed E-state index contributed by atoms with van der Waals surface area (Å²) >= 11 is 0. The molecule has 4 fully saturated rings. The van der Waals surface area contributed by atoms with Gasteiger partial charge in [-0.05, 0) is 57.3 Å². The van der Waals surface area contributed by atoms with Crippen LogP contribution in [0.25, 0.3) is 0 Å². The van der Waals surface area contributed by atoms with E-state index in [4.69, 9.17) is 4.74 Å². The average Bonchev–Trinajstić information content (AvgIpc) is 3.36. The second-order valence-electron chi connectivity index (χ2n) is 8.99. The minimum absolute atomic E-state index is 0.0827. The maximum atomic E-state index is 12.7. The lowest BCUT2D eigenvalue weighted by Gasteiger charge is -2.46. The molecule has 1 aliphatic carbocycles. The Kier molecular flexibility index (Phi) is 5.53. The van der Waals surface area contributed by atoms with Gasteiger partial charge >= 0.3 is 0 Å². The first kappa shape index (κ1) is 18.3. The Hall–Kier alpha value is -1.10. The third kappa shape index (κ3) is 3.92. The van der Waals surface area contributed by atoms with E-state index in [2.05, 4.69) is 4.90 Å². The summed E-state index contributed by atoms with van der Waals surface area (Å²) in [6, 6.07) is 0. The highest BCUT2D eigenvalue weighted by molar-refractivity contribution is 5.79. The van der Waals surface area contributed by atoms with Crippen molar-refractivity contribution < 1.29 is 14.3 Å². The van der Waals surface area contributed by atoms with Crippen molar-refractivity contribution in [3.05, 3.63) is 0 Å². The van der Waals surface area contributed by atoms with E-state index in [0.717, 1.165) is 84.2 Å². The number of hydrogen-bond donors (Lipinski definition) is 0. The molecule has 2 amide bonds. The highest BCUT2D eigenvalue weighted by atomic mass is 16.5. The number of hydrogen-bond acceptors (Lipinski definition) is 3. The van der Waals surface area contributed by atoms with E-state index in [9.17, 15) is 9.59 Å². The Labute approximate surface area is 157 Å². The molecule has 146 valence electrons. The molecule has 5 heteroatoms. The fourth-order valence-corrected chi connectivity index (χ4v) is 5.56. The quantitative estimate of drug-likeness (QED) is 0.775. The van der Waals surface area contributed by atoms with Crippen LogP contribution >= 0.6 is 0 Å². The molecule has 0 aromatic carbocycles. The van der Waals surface area contributed by atoms with E-state index in [1.165, 1.54) is 12.8 Å².